The number of amides is 2. The number of phenols is 1. The number of aliphatic hydroxyl groups is 1. The third kappa shape index (κ3) is 6.38. The van der Waals surface area contributed by atoms with E-state index in [0.29, 0.717) is 11.3 Å². The zero-order chi connectivity index (χ0) is 24.5. The van der Waals surface area contributed by atoms with Crippen LogP contribution in [0.4, 0.5) is 5.69 Å². The predicted octanol–water partition coefficient (Wildman–Crippen LogP) is 1.71. The second kappa shape index (κ2) is 11.2. The average molecular weight is 455 g/mol. The van der Waals surface area contributed by atoms with Crippen molar-refractivity contribution in [2.75, 3.05) is 5.73 Å². The van der Waals surface area contributed by atoms with Crippen molar-refractivity contribution in [3.63, 3.8) is 0 Å². The summed E-state index contributed by atoms with van der Waals surface area (Å²) in [5.74, 6) is 9.56. The highest BCUT2D eigenvalue weighted by atomic mass is 16.5. The lowest BCUT2D eigenvalue weighted by Gasteiger charge is -2.22. The normalized spacial score (nSPS) is 11.6. The van der Waals surface area contributed by atoms with Crippen LogP contribution in [0.25, 0.3) is 0 Å². The van der Waals surface area contributed by atoms with Gasteiger partial charge in [-0.25, -0.2) is 5.48 Å². The van der Waals surface area contributed by atoms with Gasteiger partial charge in [-0.05, 0) is 78.1 Å². The van der Waals surface area contributed by atoms with Crippen LogP contribution in [0.15, 0.2) is 72.8 Å². The fraction of sp³-hybridized carbons (Fsp3) is 0.0769. The lowest BCUT2D eigenvalue weighted by molar-refractivity contribution is -0.134. The number of anilines is 1. The van der Waals surface area contributed by atoms with Gasteiger partial charge in [0.1, 0.15) is 17.9 Å². The van der Waals surface area contributed by atoms with E-state index in [1.807, 2.05) is 0 Å². The van der Waals surface area contributed by atoms with Crippen LogP contribution >= 0.6 is 0 Å². The van der Waals surface area contributed by atoms with Gasteiger partial charge in [0.2, 0.25) is 0 Å². The van der Waals surface area contributed by atoms with Gasteiger partial charge in [0, 0.05) is 22.4 Å². The molecule has 3 rings (SSSR count). The van der Waals surface area contributed by atoms with Gasteiger partial charge in [0.05, 0.1) is 0 Å². The zero-order valence-electron chi connectivity index (χ0n) is 17.8. The van der Waals surface area contributed by atoms with Gasteiger partial charge in [0.15, 0.2) is 0 Å². The Balaban J connectivity index is 1.68. The molecule has 2 atom stereocenters. The third-order valence-corrected chi connectivity index (χ3v) is 4.76. The van der Waals surface area contributed by atoms with Crippen LogP contribution in [-0.2, 0) is 4.79 Å². The number of nitrogen functional groups attached to an aromatic ring is 1. The van der Waals surface area contributed by atoms with Crippen molar-refractivity contribution in [3.8, 4) is 29.4 Å². The number of hydrogen-bond donors (Lipinski definition) is 6. The molecule has 3 aromatic rings. The second-order valence-electron chi connectivity index (χ2n) is 7.16. The van der Waals surface area contributed by atoms with Crippen LogP contribution in [0.3, 0.4) is 0 Å². The van der Waals surface area contributed by atoms with E-state index in [2.05, 4.69) is 29.0 Å². The molecule has 8 nitrogen and oxygen atoms in total. The molecule has 0 spiro atoms. The summed E-state index contributed by atoms with van der Waals surface area (Å²) in [6.07, 6.45) is -1.47. The standard InChI is InChI=1S/C26H21N3O5/c27-21-13-7-18(8-14-21)4-2-1-3-17-5-9-20(10-6-17)25(32)28-23(26(33)29-34)24(31)19-11-15-22(30)16-12-19/h5-16,23-24,30-31,34H,27H2,(H,28,32)(H,29,33)/t23-,24-/m0/s1. The fourth-order valence-corrected chi connectivity index (χ4v) is 2.92. The summed E-state index contributed by atoms with van der Waals surface area (Å²) < 4.78 is 0. The van der Waals surface area contributed by atoms with Gasteiger partial charge >= 0.3 is 0 Å². The molecule has 8 heteroatoms. The molecule has 170 valence electrons. The fourth-order valence-electron chi connectivity index (χ4n) is 2.92. The van der Waals surface area contributed by atoms with Gasteiger partial charge in [-0.15, -0.1) is 0 Å². The Hall–Kier alpha value is -4.76. The molecule has 3 aromatic carbocycles. The van der Waals surface area contributed by atoms with E-state index in [9.17, 15) is 19.8 Å². The molecule has 0 aromatic heterocycles. The summed E-state index contributed by atoms with van der Waals surface area (Å²) in [5.41, 5.74) is 9.60. The van der Waals surface area contributed by atoms with E-state index in [4.69, 9.17) is 10.9 Å². The maximum absolute atomic E-state index is 12.6. The quantitative estimate of drug-likeness (QED) is 0.150. The molecule has 0 saturated heterocycles. The Bertz CT molecular complexity index is 1280. The van der Waals surface area contributed by atoms with E-state index >= 15 is 0 Å². The number of aromatic hydroxyl groups is 1. The zero-order valence-corrected chi connectivity index (χ0v) is 17.8. The van der Waals surface area contributed by atoms with Crippen molar-refractivity contribution in [1.29, 1.82) is 0 Å². The maximum Gasteiger partial charge on any atom is 0.268 e. The second-order valence-corrected chi connectivity index (χ2v) is 7.16. The van der Waals surface area contributed by atoms with Crippen LogP contribution in [0.5, 0.6) is 5.75 Å². The van der Waals surface area contributed by atoms with Crippen LogP contribution in [-0.4, -0.2) is 33.3 Å². The molecule has 0 unspecified atom stereocenters. The van der Waals surface area contributed by atoms with Crippen LogP contribution < -0.4 is 16.5 Å². The molecule has 0 fully saturated rings. The molecular formula is C26H21N3O5. The van der Waals surface area contributed by atoms with Gasteiger partial charge in [0.25, 0.3) is 11.8 Å². The summed E-state index contributed by atoms with van der Waals surface area (Å²) in [6, 6.07) is 17.3. The number of hydrogen-bond acceptors (Lipinski definition) is 6. The number of carbonyl (C=O) groups excluding carboxylic acids is 2. The monoisotopic (exact) mass is 455 g/mol. The average Bonchev–Trinajstić information content (AvgIpc) is 2.86. The summed E-state index contributed by atoms with van der Waals surface area (Å²) in [7, 11) is 0. The minimum atomic E-state index is -1.48. The van der Waals surface area contributed by atoms with E-state index < -0.39 is 24.0 Å². The van der Waals surface area contributed by atoms with Crippen LogP contribution in [0.2, 0.25) is 0 Å². The van der Waals surface area contributed by atoms with Crippen molar-refractivity contribution in [2.45, 2.75) is 12.1 Å². The summed E-state index contributed by atoms with van der Waals surface area (Å²) >= 11 is 0. The molecule has 0 aliphatic rings. The Morgan fingerprint density at radius 2 is 1.35 bits per heavy atom. The van der Waals surface area contributed by atoms with Crippen LogP contribution in [0.1, 0.15) is 33.2 Å². The number of carbonyl (C=O) groups is 2. The molecule has 0 bridgehead atoms. The Morgan fingerprint density at radius 1 is 0.824 bits per heavy atom. The third-order valence-electron chi connectivity index (χ3n) is 4.76. The smallest absolute Gasteiger partial charge is 0.268 e. The number of aliphatic hydroxyl groups excluding tert-OH is 1. The first-order valence-electron chi connectivity index (χ1n) is 10.1. The molecule has 7 N–H and O–H groups in total. The molecular weight excluding hydrogens is 434 g/mol. The SMILES string of the molecule is Nc1ccc(C#CC#Cc2ccc(C(=O)N[C@H](C(=O)NO)[C@@H](O)c3ccc(O)cc3)cc2)cc1. The van der Waals surface area contributed by atoms with E-state index in [1.54, 1.807) is 36.4 Å². The van der Waals surface area contributed by atoms with Gasteiger partial charge in [-0.3, -0.25) is 14.8 Å². The van der Waals surface area contributed by atoms with E-state index in [0.717, 1.165) is 5.56 Å². The van der Waals surface area contributed by atoms with E-state index in [1.165, 1.54) is 41.9 Å². The number of hydroxylamine groups is 1. The molecule has 34 heavy (non-hydrogen) atoms. The van der Waals surface area contributed by atoms with Gasteiger partial charge in [-0.1, -0.05) is 24.0 Å². The Labute approximate surface area is 196 Å². The first-order valence-corrected chi connectivity index (χ1v) is 10.1. The highest BCUT2D eigenvalue weighted by Gasteiger charge is 2.30. The first-order chi connectivity index (χ1) is 16.4. The van der Waals surface area contributed by atoms with Crippen molar-refractivity contribution in [2.24, 2.45) is 0 Å². The van der Waals surface area contributed by atoms with E-state index in [-0.39, 0.29) is 16.9 Å². The number of rotatable bonds is 5. The summed E-state index contributed by atoms with van der Waals surface area (Å²) in [5, 5.41) is 31.3. The maximum atomic E-state index is 12.6. The molecule has 0 aliphatic heterocycles. The van der Waals surface area contributed by atoms with Crippen molar-refractivity contribution < 1.29 is 25.0 Å². The molecule has 0 radical (unpaired) electrons. The largest absolute Gasteiger partial charge is 0.508 e. The Kier molecular flexibility index (Phi) is 7.88. The van der Waals surface area contributed by atoms with Gasteiger partial charge < -0.3 is 21.3 Å². The number of benzene rings is 3. The predicted molar refractivity (Wildman–Crippen MR) is 125 cm³/mol. The van der Waals surface area contributed by atoms with Crippen LogP contribution in [0, 0.1) is 23.7 Å². The van der Waals surface area contributed by atoms with Crippen molar-refractivity contribution >= 4 is 17.5 Å². The number of nitrogens with two attached hydrogens (primary N) is 1. The lowest BCUT2D eigenvalue weighted by atomic mass is 10.0. The van der Waals surface area contributed by atoms with Crippen molar-refractivity contribution in [1.82, 2.24) is 10.8 Å². The highest BCUT2D eigenvalue weighted by molar-refractivity contribution is 5.97. The summed E-state index contributed by atoms with van der Waals surface area (Å²) in [6.45, 7) is 0. The molecule has 2 amide bonds. The minimum absolute atomic E-state index is 0.0254. The topological polar surface area (TPSA) is 145 Å². The van der Waals surface area contributed by atoms with Gasteiger partial charge in [-0.2, -0.15) is 0 Å². The number of nitrogens with one attached hydrogen (secondary N) is 2. The minimum Gasteiger partial charge on any atom is -0.508 e. The molecule has 0 aliphatic carbocycles. The summed E-state index contributed by atoms with van der Waals surface area (Å²) in [4.78, 5) is 24.7. The highest BCUT2D eigenvalue weighted by Crippen LogP contribution is 2.20. The van der Waals surface area contributed by atoms with Crippen molar-refractivity contribution in [3.05, 3.63) is 95.1 Å². The number of phenolic OH excluding ortho intramolecular Hbond substituents is 1. The molecule has 0 heterocycles. The molecule has 0 saturated carbocycles. The first kappa shape index (κ1) is 23.9. The lowest BCUT2D eigenvalue weighted by Crippen LogP contribution is -2.49. The Morgan fingerprint density at radius 3 is 1.88 bits per heavy atom.